The van der Waals surface area contributed by atoms with Crippen molar-refractivity contribution >= 4 is 35.0 Å². The first-order chi connectivity index (χ1) is 14.3. The summed E-state index contributed by atoms with van der Waals surface area (Å²) in [5, 5.41) is 5.98. The molecule has 0 aliphatic carbocycles. The summed E-state index contributed by atoms with van der Waals surface area (Å²) in [6.45, 7) is 0.585. The van der Waals surface area contributed by atoms with Crippen molar-refractivity contribution in [3.63, 3.8) is 0 Å². The molecule has 0 bridgehead atoms. The summed E-state index contributed by atoms with van der Waals surface area (Å²) < 4.78 is 13.7. The third-order valence-corrected chi connectivity index (χ3v) is 5.39. The van der Waals surface area contributed by atoms with Crippen LogP contribution in [0.4, 0.5) is 5.69 Å². The van der Waals surface area contributed by atoms with Crippen LogP contribution >= 0.6 is 11.6 Å². The van der Waals surface area contributed by atoms with Gasteiger partial charge in [0.15, 0.2) is 0 Å². The molecule has 8 heteroatoms. The second-order valence-electron chi connectivity index (χ2n) is 6.87. The van der Waals surface area contributed by atoms with E-state index in [9.17, 15) is 14.4 Å². The lowest BCUT2D eigenvalue weighted by molar-refractivity contribution is -0.136. The van der Waals surface area contributed by atoms with Crippen LogP contribution in [0, 0.1) is 0 Å². The lowest BCUT2D eigenvalue weighted by Crippen LogP contribution is -2.52. The van der Waals surface area contributed by atoms with Gasteiger partial charge in [0.1, 0.15) is 11.8 Å². The number of hydrogen-bond acceptors (Lipinski definition) is 5. The molecular weight excluding hydrogens is 394 g/mol. The first-order valence-corrected chi connectivity index (χ1v) is 9.55. The third kappa shape index (κ3) is 3.65. The van der Waals surface area contributed by atoms with Gasteiger partial charge in [0, 0.05) is 36.3 Å². The highest BCUT2D eigenvalue weighted by Crippen LogP contribution is 2.33. The zero-order valence-electron chi connectivity index (χ0n) is 16.8. The molecule has 0 aromatic heterocycles. The summed E-state index contributed by atoms with van der Waals surface area (Å²) in [5.41, 5.74) is 2.84. The smallest absolute Gasteiger partial charge is 0.255 e. The van der Waals surface area contributed by atoms with Crippen molar-refractivity contribution in [2.24, 2.45) is 0 Å². The molecule has 150 valence electrons. The Morgan fingerprint density at radius 1 is 1.31 bits per heavy atom. The molecule has 1 fully saturated rings. The number of fused-ring (bicyclic) bond motifs is 1. The van der Waals surface area contributed by atoms with Crippen LogP contribution in [0.3, 0.4) is 0 Å². The first-order valence-electron chi connectivity index (χ1n) is 9.68. The SMILES string of the molecule is [2H]C1(N2Cc3c(NCc4ccc(OC)c(Cl)c4)cccc3C2=O)CCC(=O)NC1=O. The molecule has 2 aliphatic rings. The summed E-state index contributed by atoms with van der Waals surface area (Å²) in [5.74, 6) is -0.984. The van der Waals surface area contributed by atoms with E-state index >= 15 is 0 Å². The summed E-state index contributed by atoms with van der Waals surface area (Å²) in [7, 11) is 1.55. The van der Waals surface area contributed by atoms with Crippen molar-refractivity contribution < 1.29 is 20.5 Å². The lowest BCUT2D eigenvalue weighted by Gasteiger charge is -2.29. The zero-order chi connectivity index (χ0) is 21.5. The number of methoxy groups -OCH3 is 1. The number of nitrogens with one attached hydrogen (secondary N) is 2. The summed E-state index contributed by atoms with van der Waals surface area (Å²) in [6.07, 6.45) is 0.00318. The van der Waals surface area contributed by atoms with Crippen LogP contribution in [0.25, 0.3) is 0 Å². The minimum atomic E-state index is -1.80. The molecule has 7 nitrogen and oxygen atoms in total. The number of ether oxygens (including phenoxy) is 1. The molecule has 2 aromatic rings. The zero-order valence-corrected chi connectivity index (χ0v) is 16.5. The van der Waals surface area contributed by atoms with Gasteiger partial charge in [-0.05, 0) is 36.2 Å². The van der Waals surface area contributed by atoms with Crippen molar-refractivity contribution in [3.05, 3.63) is 58.1 Å². The Morgan fingerprint density at radius 2 is 2.14 bits per heavy atom. The molecule has 1 saturated heterocycles. The number of piperidine rings is 1. The Kier molecular flexibility index (Phi) is 4.81. The van der Waals surface area contributed by atoms with Crippen LogP contribution in [0.5, 0.6) is 5.75 Å². The van der Waals surface area contributed by atoms with Crippen LogP contribution in [0.15, 0.2) is 36.4 Å². The molecule has 1 atom stereocenters. The number of halogens is 1. The van der Waals surface area contributed by atoms with Gasteiger partial charge in [0.25, 0.3) is 5.91 Å². The first kappa shape index (κ1) is 18.0. The van der Waals surface area contributed by atoms with Crippen LogP contribution in [-0.4, -0.2) is 35.7 Å². The Labute approximate surface area is 174 Å². The van der Waals surface area contributed by atoms with E-state index in [0.717, 1.165) is 16.8 Å². The van der Waals surface area contributed by atoms with Gasteiger partial charge in [-0.3, -0.25) is 19.7 Å². The number of carbonyl (C=O) groups is 3. The maximum absolute atomic E-state index is 13.0. The third-order valence-electron chi connectivity index (χ3n) is 5.10. The van der Waals surface area contributed by atoms with Crippen molar-refractivity contribution in [2.75, 3.05) is 12.4 Å². The van der Waals surface area contributed by atoms with Gasteiger partial charge in [0.2, 0.25) is 11.8 Å². The van der Waals surface area contributed by atoms with Gasteiger partial charge in [-0.15, -0.1) is 0 Å². The molecule has 0 radical (unpaired) electrons. The molecule has 2 heterocycles. The van der Waals surface area contributed by atoms with Gasteiger partial charge >= 0.3 is 0 Å². The van der Waals surface area contributed by atoms with Crippen molar-refractivity contribution in [2.45, 2.75) is 31.9 Å². The van der Waals surface area contributed by atoms with E-state index < -0.39 is 17.8 Å². The van der Waals surface area contributed by atoms with E-state index in [1.54, 1.807) is 31.4 Å². The Bertz CT molecular complexity index is 1060. The van der Waals surface area contributed by atoms with Crippen LogP contribution in [0.2, 0.25) is 5.02 Å². The van der Waals surface area contributed by atoms with Gasteiger partial charge in [0.05, 0.1) is 13.5 Å². The van der Waals surface area contributed by atoms with Gasteiger partial charge < -0.3 is 15.0 Å². The predicted octanol–water partition coefficient (Wildman–Crippen LogP) is 2.72. The number of rotatable bonds is 5. The number of benzene rings is 2. The van der Waals surface area contributed by atoms with Gasteiger partial charge in [-0.25, -0.2) is 0 Å². The number of anilines is 1. The summed E-state index contributed by atoms with van der Waals surface area (Å²) in [6, 6.07) is 8.96. The van der Waals surface area contributed by atoms with Crippen molar-refractivity contribution in [1.82, 2.24) is 10.2 Å². The van der Waals surface area contributed by atoms with E-state index in [2.05, 4.69) is 10.6 Å². The average molecular weight is 415 g/mol. The number of nitrogens with zero attached hydrogens (tertiary/aromatic N) is 1. The molecule has 1 unspecified atom stereocenters. The number of carbonyl (C=O) groups excluding carboxylic acids is 3. The van der Waals surface area contributed by atoms with E-state index in [1.807, 2.05) is 12.1 Å². The van der Waals surface area contributed by atoms with E-state index in [4.69, 9.17) is 17.7 Å². The molecule has 2 aliphatic heterocycles. The van der Waals surface area contributed by atoms with Crippen molar-refractivity contribution in [1.29, 1.82) is 0 Å². The van der Waals surface area contributed by atoms with Gasteiger partial charge in [-0.1, -0.05) is 23.7 Å². The topological polar surface area (TPSA) is 87.7 Å². The van der Waals surface area contributed by atoms with E-state index in [0.29, 0.717) is 22.9 Å². The molecule has 3 amide bonds. The summed E-state index contributed by atoms with van der Waals surface area (Å²) in [4.78, 5) is 38.0. The molecular formula is C21H20ClN3O4. The fraction of sp³-hybridized carbons (Fsp3) is 0.286. The Morgan fingerprint density at radius 3 is 2.86 bits per heavy atom. The maximum Gasteiger partial charge on any atom is 0.255 e. The molecule has 4 rings (SSSR count). The van der Waals surface area contributed by atoms with Crippen LogP contribution in [-0.2, 0) is 22.7 Å². The van der Waals surface area contributed by atoms with Gasteiger partial charge in [-0.2, -0.15) is 0 Å². The minimum absolute atomic E-state index is 0.0233. The Balaban J connectivity index is 1.55. The normalized spacial score (nSPS) is 21.5. The second-order valence-corrected chi connectivity index (χ2v) is 7.28. The predicted molar refractivity (Wildman–Crippen MR) is 108 cm³/mol. The van der Waals surface area contributed by atoms with E-state index in [-0.39, 0.29) is 25.3 Å². The largest absolute Gasteiger partial charge is 0.495 e. The standard InChI is InChI=1S/C21H20ClN3O4/c1-29-18-7-5-12(9-15(18)22)10-23-16-4-2-3-13-14(16)11-25(21(13)28)17-6-8-19(26)24-20(17)27/h2-5,7,9,17,23H,6,8,10-11H2,1H3,(H,24,26,27)/i17D. The fourth-order valence-electron chi connectivity index (χ4n) is 3.60. The van der Waals surface area contributed by atoms with Crippen LogP contribution in [0.1, 0.15) is 35.7 Å². The summed E-state index contributed by atoms with van der Waals surface area (Å²) >= 11 is 6.18. The average Bonchev–Trinajstić information content (AvgIpc) is 3.07. The molecule has 0 spiro atoms. The fourth-order valence-corrected chi connectivity index (χ4v) is 3.88. The monoisotopic (exact) mass is 414 g/mol. The number of amides is 3. The quantitative estimate of drug-likeness (QED) is 0.734. The molecule has 2 N–H and O–H groups in total. The minimum Gasteiger partial charge on any atom is -0.495 e. The highest BCUT2D eigenvalue weighted by atomic mass is 35.5. The van der Waals surface area contributed by atoms with E-state index in [1.165, 1.54) is 4.90 Å². The lowest BCUT2D eigenvalue weighted by atomic mass is 10.0. The van der Waals surface area contributed by atoms with Crippen LogP contribution < -0.4 is 15.4 Å². The molecule has 29 heavy (non-hydrogen) atoms. The molecule has 0 saturated carbocycles. The number of imide groups is 1. The Hall–Kier alpha value is -3.06. The second kappa shape index (κ2) is 7.75. The van der Waals surface area contributed by atoms with Crippen molar-refractivity contribution in [3.8, 4) is 5.75 Å². The molecule has 2 aromatic carbocycles. The number of hydrogen-bond donors (Lipinski definition) is 2. The highest BCUT2D eigenvalue weighted by molar-refractivity contribution is 6.32. The highest BCUT2D eigenvalue weighted by Gasteiger charge is 2.39. The maximum atomic E-state index is 13.0.